The highest BCUT2D eigenvalue weighted by atomic mass is 16.5. The van der Waals surface area contributed by atoms with E-state index in [4.69, 9.17) is 4.52 Å². The maximum absolute atomic E-state index is 13.2. The maximum atomic E-state index is 13.2. The minimum atomic E-state index is -0.327. The number of hydrogen-bond donors (Lipinski definition) is 2. The van der Waals surface area contributed by atoms with Crippen molar-refractivity contribution in [3.05, 3.63) is 60.1 Å². The lowest BCUT2D eigenvalue weighted by atomic mass is 9.49. The SMILES string of the molecule is O=C(NC12CC3CC(C1)CC(NC(=O)c1onc4ccccc14)(C3)C2)c1ccccn1. The maximum Gasteiger partial charge on any atom is 0.290 e. The van der Waals surface area contributed by atoms with Crippen molar-refractivity contribution in [1.82, 2.24) is 20.8 Å². The quantitative estimate of drug-likeness (QED) is 0.679. The topological polar surface area (TPSA) is 97.1 Å². The van der Waals surface area contributed by atoms with Gasteiger partial charge >= 0.3 is 0 Å². The molecule has 0 aliphatic heterocycles. The van der Waals surface area contributed by atoms with Crippen LogP contribution in [0, 0.1) is 11.8 Å². The molecule has 2 atom stereocenters. The van der Waals surface area contributed by atoms with Gasteiger partial charge in [-0.05, 0) is 74.6 Å². The highest BCUT2D eigenvalue weighted by Gasteiger charge is 2.59. The first-order valence-electron chi connectivity index (χ1n) is 10.9. The van der Waals surface area contributed by atoms with Crippen molar-refractivity contribution in [3.63, 3.8) is 0 Å². The molecule has 0 radical (unpaired) electrons. The van der Waals surface area contributed by atoms with Crippen molar-refractivity contribution in [1.29, 1.82) is 0 Å². The Balaban J connectivity index is 1.27. The van der Waals surface area contributed by atoms with Crippen LogP contribution in [0.2, 0.25) is 0 Å². The van der Waals surface area contributed by atoms with Crippen LogP contribution in [0.4, 0.5) is 0 Å². The number of hydrogen-bond acceptors (Lipinski definition) is 5. The molecule has 2 heterocycles. The van der Waals surface area contributed by atoms with Gasteiger partial charge in [-0.1, -0.05) is 23.4 Å². The first-order valence-corrected chi connectivity index (χ1v) is 10.9. The average molecular weight is 416 g/mol. The van der Waals surface area contributed by atoms with Gasteiger partial charge in [0.05, 0.1) is 5.39 Å². The van der Waals surface area contributed by atoms with Crippen LogP contribution in [0.15, 0.2) is 53.2 Å². The summed E-state index contributed by atoms with van der Waals surface area (Å²) in [6, 6.07) is 12.8. The van der Waals surface area contributed by atoms with Crippen LogP contribution in [0.1, 0.15) is 59.6 Å². The van der Waals surface area contributed by atoms with Crippen LogP contribution in [-0.2, 0) is 0 Å². The average Bonchev–Trinajstić information content (AvgIpc) is 3.17. The summed E-state index contributed by atoms with van der Waals surface area (Å²) in [6.45, 7) is 0. The number of amides is 2. The summed E-state index contributed by atoms with van der Waals surface area (Å²) < 4.78 is 5.40. The lowest BCUT2D eigenvalue weighted by Crippen LogP contribution is -2.69. The standard InChI is InChI=1S/C24H24N4O3/c29-21(19-7-3-4-8-25-19)26-23-10-15-9-16(11-23)13-24(12-15,14-23)27-22(30)20-17-5-1-2-6-18(17)28-31-20/h1-8,15-16H,9-14H2,(H,26,29)(H,27,30). The van der Waals surface area contributed by atoms with E-state index < -0.39 is 0 Å². The second kappa shape index (κ2) is 6.64. The second-order valence-electron chi connectivity index (χ2n) is 9.67. The van der Waals surface area contributed by atoms with E-state index in [0.717, 1.165) is 37.5 Å². The molecule has 4 bridgehead atoms. The molecule has 7 nitrogen and oxygen atoms in total. The van der Waals surface area contributed by atoms with Gasteiger partial charge in [0.1, 0.15) is 11.2 Å². The molecule has 2 amide bonds. The summed E-state index contributed by atoms with van der Waals surface area (Å²) in [5.41, 5.74) is 0.490. The number of rotatable bonds is 4. The van der Waals surface area contributed by atoms with E-state index in [1.807, 2.05) is 30.3 Å². The molecule has 7 heteroatoms. The monoisotopic (exact) mass is 416 g/mol. The molecule has 0 spiro atoms. The van der Waals surface area contributed by atoms with E-state index in [1.54, 1.807) is 18.3 Å². The molecule has 31 heavy (non-hydrogen) atoms. The van der Waals surface area contributed by atoms with Gasteiger partial charge in [-0.3, -0.25) is 14.6 Å². The number of fused-ring (bicyclic) bond motifs is 1. The molecule has 1 aromatic carbocycles. The van der Waals surface area contributed by atoms with Crippen molar-refractivity contribution in [2.45, 2.75) is 49.6 Å². The predicted octanol–water partition coefficient (Wildman–Crippen LogP) is 3.47. The molecule has 4 saturated carbocycles. The number of aromatic nitrogens is 2. The molecule has 2 unspecified atom stereocenters. The van der Waals surface area contributed by atoms with Crippen LogP contribution in [-0.4, -0.2) is 33.0 Å². The molecular weight excluding hydrogens is 392 g/mol. The lowest BCUT2D eigenvalue weighted by molar-refractivity contribution is -0.0451. The van der Waals surface area contributed by atoms with Gasteiger partial charge in [-0.15, -0.1) is 0 Å². The first-order chi connectivity index (χ1) is 15.0. The van der Waals surface area contributed by atoms with E-state index >= 15 is 0 Å². The highest BCUT2D eigenvalue weighted by molar-refractivity contribution is 6.03. The number of benzene rings is 1. The van der Waals surface area contributed by atoms with Gasteiger partial charge in [0.2, 0.25) is 5.76 Å². The van der Waals surface area contributed by atoms with Gasteiger partial charge < -0.3 is 15.2 Å². The fourth-order valence-corrected chi connectivity index (χ4v) is 6.71. The Hall–Kier alpha value is -3.22. The van der Waals surface area contributed by atoms with Crippen LogP contribution in [0.3, 0.4) is 0 Å². The number of nitrogens with zero attached hydrogens (tertiary/aromatic N) is 2. The summed E-state index contributed by atoms with van der Waals surface area (Å²) in [5.74, 6) is 0.902. The zero-order valence-electron chi connectivity index (χ0n) is 17.1. The van der Waals surface area contributed by atoms with Crippen LogP contribution in [0.5, 0.6) is 0 Å². The summed E-state index contributed by atoms with van der Waals surface area (Å²) in [6.07, 6.45) is 7.37. The van der Waals surface area contributed by atoms with Gasteiger partial charge in [0, 0.05) is 17.3 Å². The molecule has 3 aromatic rings. The van der Waals surface area contributed by atoms with Crippen molar-refractivity contribution in [3.8, 4) is 0 Å². The smallest absolute Gasteiger partial charge is 0.290 e. The fourth-order valence-electron chi connectivity index (χ4n) is 6.71. The third-order valence-corrected chi connectivity index (χ3v) is 7.31. The van der Waals surface area contributed by atoms with E-state index in [9.17, 15) is 9.59 Å². The largest absolute Gasteiger partial charge is 0.350 e. The fraction of sp³-hybridized carbons (Fsp3) is 0.417. The van der Waals surface area contributed by atoms with Gasteiger partial charge in [-0.2, -0.15) is 0 Å². The Kier molecular flexibility index (Phi) is 3.97. The van der Waals surface area contributed by atoms with Crippen LogP contribution in [0.25, 0.3) is 10.9 Å². The van der Waals surface area contributed by atoms with Crippen LogP contribution >= 0.6 is 0 Å². The van der Waals surface area contributed by atoms with Crippen molar-refractivity contribution in [2.24, 2.45) is 11.8 Å². The molecular formula is C24H24N4O3. The van der Waals surface area contributed by atoms with Crippen molar-refractivity contribution >= 4 is 22.7 Å². The molecule has 4 aliphatic carbocycles. The minimum Gasteiger partial charge on any atom is -0.350 e. The number of carbonyl (C=O) groups excluding carboxylic acids is 2. The van der Waals surface area contributed by atoms with Crippen molar-refractivity contribution in [2.75, 3.05) is 0 Å². The lowest BCUT2D eigenvalue weighted by Gasteiger charge is -2.62. The number of carbonyl (C=O) groups is 2. The Labute approximate surface area is 179 Å². The molecule has 0 saturated heterocycles. The predicted molar refractivity (Wildman–Crippen MR) is 113 cm³/mol. The molecule has 2 N–H and O–H groups in total. The highest BCUT2D eigenvalue weighted by Crippen LogP contribution is 2.57. The summed E-state index contributed by atoms with van der Waals surface area (Å²) >= 11 is 0. The van der Waals surface area contributed by atoms with Gasteiger partial charge in [-0.25, -0.2) is 0 Å². The Morgan fingerprint density at radius 2 is 1.58 bits per heavy atom. The summed E-state index contributed by atoms with van der Waals surface area (Å²) in [5, 5.41) is 11.4. The molecule has 158 valence electrons. The second-order valence-corrected chi connectivity index (χ2v) is 9.67. The summed E-state index contributed by atoms with van der Waals surface area (Å²) in [7, 11) is 0. The van der Waals surface area contributed by atoms with Crippen LogP contribution < -0.4 is 10.6 Å². The molecule has 2 aromatic heterocycles. The summed E-state index contributed by atoms with van der Waals surface area (Å²) in [4.78, 5) is 30.3. The van der Waals surface area contributed by atoms with E-state index in [2.05, 4.69) is 20.8 Å². The minimum absolute atomic E-state index is 0.134. The van der Waals surface area contributed by atoms with E-state index in [0.29, 0.717) is 23.0 Å². The third kappa shape index (κ3) is 3.10. The van der Waals surface area contributed by atoms with Crippen molar-refractivity contribution < 1.29 is 14.1 Å². The first kappa shape index (κ1) is 18.5. The third-order valence-electron chi connectivity index (χ3n) is 7.31. The van der Waals surface area contributed by atoms with E-state index in [1.165, 1.54) is 6.42 Å². The Morgan fingerprint density at radius 1 is 0.903 bits per heavy atom. The molecule has 4 fully saturated rings. The van der Waals surface area contributed by atoms with Gasteiger partial charge in [0.25, 0.3) is 11.8 Å². The normalized spacial score (nSPS) is 31.0. The Morgan fingerprint density at radius 3 is 2.29 bits per heavy atom. The molecule has 4 aliphatic rings. The zero-order chi connectivity index (χ0) is 21.1. The van der Waals surface area contributed by atoms with E-state index in [-0.39, 0.29) is 28.7 Å². The number of nitrogens with one attached hydrogen (secondary N) is 2. The number of pyridine rings is 1. The Bertz CT molecular complexity index is 1160. The van der Waals surface area contributed by atoms with Gasteiger partial charge in [0.15, 0.2) is 0 Å². The zero-order valence-corrected chi connectivity index (χ0v) is 17.1. The molecule has 7 rings (SSSR count).